The van der Waals surface area contributed by atoms with E-state index in [1.165, 1.54) is 18.2 Å². The van der Waals surface area contributed by atoms with Crippen LogP contribution in [0.2, 0.25) is 0 Å². The van der Waals surface area contributed by atoms with Crippen LogP contribution in [0.15, 0.2) is 18.2 Å². The van der Waals surface area contributed by atoms with Crippen molar-refractivity contribution in [2.24, 2.45) is 0 Å². The zero-order valence-corrected chi connectivity index (χ0v) is 7.62. The molecule has 0 fully saturated rings. The van der Waals surface area contributed by atoms with Crippen molar-refractivity contribution in [3.63, 3.8) is 0 Å². The summed E-state index contributed by atoms with van der Waals surface area (Å²) in [6.45, 7) is 1.79. The summed E-state index contributed by atoms with van der Waals surface area (Å²) in [6.07, 6.45) is 0.359. The highest BCUT2D eigenvalue weighted by atomic mass is 19.1. The van der Waals surface area contributed by atoms with Crippen LogP contribution >= 0.6 is 0 Å². The fraction of sp³-hybridized carbons (Fsp3) is 0.200. The minimum atomic E-state index is -0.832. The van der Waals surface area contributed by atoms with Crippen molar-refractivity contribution >= 4 is 12.3 Å². The molecule has 0 spiro atoms. The maximum absolute atomic E-state index is 13.3. The smallest absolute Gasteiger partial charge is 0.341 e. The van der Waals surface area contributed by atoms with E-state index in [0.29, 0.717) is 6.29 Å². The number of carbonyl (C=O) groups excluding carboxylic acids is 2. The summed E-state index contributed by atoms with van der Waals surface area (Å²) in [5, 5.41) is 0. The van der Waals surface area contributed by atoms with Gasteiger partial charge in [-0.1, -0.05) is 6.07 Å². The molecule has 0 aliphatic carbocycles. The lowest BCUT2D eigenvalue weighted by atomic mass is 10.1. The number of aldehydes is 1. The number of benzene rings is 1. The van der Waals surface area contributed by atoms with Crippen LogP contribution in [0.3, 0.4) is 0 Å². The van der Waals surface area contributed by atoms with Crippen LogP contribution in [-0.2, 0) is 4.74 Å². The molecule has 1 aromatic carbocycles. The third-order valence-corrected chi connectivity index (χ3v) is 1.65. The molecule has 14 heavy (non-hydrogen) atoms. The van der Waals surface area contributed by atoms with Gasteiger partial charge in [0, 0.05) is 0 Å². The number of hydrogen-bond acceptors (Lipinski definition) is 3. The van der Waals surface area contributed by atoms with Crippen molar-refractivity contribution in [3.8, 4) is 0 Å². The number of carbonyl (C=O) groups is 2. The van der Waals surface area contributed by atoms with Gasteiger partial charge in [0.2, 0.25) is 0 Å². The maximum Gasteiger partial charge on any atom is 0.341 e. The van der Waals surface area contributed by atoms with E-state index >= 15 is 0 Å². The van der Waals surface area contributed by atoms with E-state index in [9.17, 15) is 14.0 Å². The van der Waals surface area contributed by atoms with E-state index < -0.39 is 11.8 Å². The van der Waals surface area contributed by atoms with Gasteiger partial charge in [-0.3, -0.25) is 4.79 Å². The van der Waals surface area contributed by atoms with Crippen LogP contribution in [0.4, 0.5) is 4.39 Å². The fourth-order valence-corrected chi connectivity index (χ4v) is 1.01. The van der Waals surface area contributed by atoms with Gasteiger partial charge in [-0.2, -0.15) is 0 Å². The molecular formula is C10H9FO3. The molecule has 0 atom stereocenters. The Kier molecular flexibility index (Phi) is 3.34. The quantitative estimate of drug-likeness (QED) is 0.547. The van der Waals surface area contributed by atoms with Crippen LogP contribution in [0.1, 0.15) is 27.6 Å². The lowest BCUT2D eigenvalue weighted by Crippen LogP contribution is -2.08. The molecule has 1 aromatic rings. The number of rotatable bonds is 3. The summed E-state index contributed by atoms with van der Waals surface area (Å²) in [4.78, 5) is 21.5. The second kappa shape index (κ2) is 4.50. The summed E-state index contributed by atoms with van der Waals surface area (Å²) in [6, 6.07) is 4.00. The Balaban J connectivity index is 3.09. The Morgan fingerprint density at radius 3 is 2.86 bits per heavy atom. The van der Waals surface area contributed by atoms with Crippen LogP contribution in [-0.4, -0.2) is 18.9 Å². The van der Waals surface area contributed by atoms with Gasteiger partial charge in [-0.25, -0.2) is 9.18 Å². The summed E-state index contributed by atoms with van der Waals surface area (Å²) >= 11 is 0. The summed E-state index contributed by atoms with van der Waals surface area (Å²) in [5.74, 6) is -1.59. The topological polar surface area (TPSA) is 43.4 Å². The van der Waals surface area contributed by atoms with Crippen molar-refractivity contribution in [2.75, 3.05) is 6.61 Å². The third kappa shape index (κ3) is 1.96. The van der Waals surface area contributed by atoms with Gasteiger partial charge in [-0.05, 0) is 19.1 Å². The van der Waals surface area contributed by atoms with E-state index in [0.717, 1.165) is 0 Å². The molecule has 0 heterocycles. The molecule has 0 bridgehead atoms. The lowest BCUT2D eigenvalue weighted by molar-refractivity contribution is 0.0521. The predicted octanol–water partition coefficient (Wildman–Crippen LogP) is 1.81. The zero-order valence-electron chi connectivity index (χ0n) is 7.62. The van der Waals surface area contributed by atoms with Gasteiger partial charge in [-0.15, -0.1) is 0 Å². The molecule has 0 unspecified atom stereocenters. The molecule has 0 amide bonds. The first-order chi connectivity index (χ1) is 6.70. The Labute approximate surface area is 80.5 Å². The lowest BCUT2D eigenvalue weighted by Gasteiger charge is -2.03. The number of esters is 1. The normalized spacial score (nSPS) is 9.57. The van der Waals surface area contributed by atoms with Crippen molar-refractivity contribution in [1.82, 2.24) is 0 Å². The summed E-state index contributed by atoms with van der Waals surface area (Å²) in [5.41, 5.74) is -0.355. The molecule has 0 radical (unpaired) electrons. The number of halogens is 1. The minimum absolute atomic E-state index is 0.143. The van der Waals surface area contributed by atoms with Gasteiger partial charge >= 0.3 is 5.97 Å². The molecule has 0 N–H and O–H groups in total. The highest BCUT2D eigenvalue weighted by Gasteiger charge is 2.14. The predicted molar refractivity (Wildman–Crippen MR) is 47.7 cm³/mol. The van der Waals surface area contributed by atoms with E-state index in [4.69, 9.17) is 0 Å². The fourth-order valence-electron chi connectivity index (χ4n) is 1.01. The average Bonchev–Trinajstić information content (AvgIpc) is 2.18. The highest BCUT2D eigenvalue weighted by molar-refractivity contribution is 5.92. The van der Waals surface area contributed by atoms with Crippen LogP contribution < -0.4 is 0 Å². The van der Waals surface area contributed by atoms with E-state index in [1.54, 1.807) is 6.92 Å². The highest BCUT2D eigenvalue weighted by Crippen LogP contribution is 2.12. The van der Waals surface area contributed by atoms with Crippen LogP contribution in [0.5, 0.6) is 0 Å². The zero-order chi connectivity index (χ0) is 10.6. The van der Waals surface area contributed by atoms with Gasteiger partial charge in [0.05, 0.1) is 17.7 Å². The molecular weight excluding hydrogens is 187 g/mol. The van der Waals surface area contributed by atoms with E-state index in [2.05, 4.69) is 4.74 Å². The van der Waals surface area contributed by atoms with E-state index in [1.807, 2.05) is 0 Å². The molecule has 74 valence electrons. The summed E-state index contributed by atoms with van der Waals surface area (Å²) in [7, 11) is 0. The Bertz CT molecular complexity index is 360. The van der Waals surface area contributed by atoms with E-state index in [-0.39, 0.29) is 17.7 Å². The van der Waals surface area contributed by atoms with Crippen molar-refractivity contribution in [3.05, 3.63) is 35.1 Å². The second-order valence-electron chi connectivity index (χ2n) is 2.55. The SMILES string of the molecule is CCOC(=O)c1cccc(C=O)c1F. The molecule has 3 nitrogen and oxygen atoms in total. The molecule has 0 aromatic heterocycles. The van der Waals surface area contributed by atoms with Crippen LogP contribution in [0.25, 0.3) is 0 Å². The largest absolute Gasteiger partial charge is 0.462 e. The van der Waals surface area contributed by atoms with Gasteiger partial charge in [0.15, 0.2) is 6.29 Å². The first-order valence-electron chi connectivity index (χ1n) is 4.11. The molecule has 0 aliphatic heterocycles. The molecule has 0 saturated heterocycles. The molecule has 4 heteroatoms. The van der Waals surface area contributed by atoms with Crippen LogP contribution in [0, 0.1) is 5.82 Å². The molecule has 0 aliphatic rings. The number of hydrogen-bond donors (Lipinski definition) is 0. The Hall–Kier alpha value is -1.71. The average molecular weight is 196 g/mol. The number of ether oxygens (including phenoxy) is 1. The molecule has 1 rings (SSSR count). The Morgan fingerprint density at radius 1 is 1.57 bits per heavy atom. The maximum atomic E-state index is 13.3. The van der Waals surface area contributed by atoms with Crippen molar-refractivity contribution in [2.45, 2.75) is 6.92 Å². The first kappa shape index (κ1) is 10.4. The summed E-state index contributed by atoms with van der Waals surface area (Å²) < 4.78 is 17.9. The van der Waals surface area contributed by atoms with Gasteiger partial charge in [0.1, 0.15) is 5.82 Å². The minimum Gasteiger partial charge on any atom is -0.462 e. The van der Waals surface area contributed by atoms with Gasteiger partial charge < -0.3 is 4.74 Å². The monoisotopic (exact) mass is 196 g/mol. The van der Waals surface area contributed by atoms with Crippen molar-refractivity contribution in [1.29, 1.82) is 0 Å². The van der Waals surface area contributed by atoms with Crippen molar-refractivity contribution < 1.29 is 18.7 Å². The standard InChI is InChI=1S/C10H9FO3/c1-2-14-10(13)8-5-3-4-7(6-12)9(8)11/h3-6H,2H2,1H3. The van der Waals surface area contributed by atoms with Gasteiger partial charge in [0.25, 0.3) is 0 Å². The third-order valence-electron chi connectivity index (χ3n) is 1.65. The second-order valence-corrected chi connectivity index (χ2v) is 2.55. The molecule has 0 saturated carbocycles. The Morgan fingerprint density at radius 2 is 2.29 bits per heavy atom. The first-order valence-corrected chi connectivity index (χ1v) is 4.11.